The van der Waals surface area contributed by atoms with Crippen LogP contribution in [-0.2, 0) is 16.8 Å². The van der Waals surface area contributed by atoms with Gasteiger partial charge in [0.2, 0.25) is 0 Å². The summed E-state index contributed by atoms with van der Waals surface area (Å²) < 4.78 is 1.68. The number of ketones is 1. The Morgan fingerprint density at radius 2 is 1.62 bits per heavy atom. The Labute approximate surface area is 143 Å². The molecule has 0 atom stereocenters. The number of nitrogens with zero attached hydrogens (tertiary/aromatic N) is 1. The monoisotopic (exact) mass is 339 g/mol. The van der Waals surface area contributed by atoms with Crippen LogP contribution in [0, 0.1) is 0 Å². The van der Waals surface area contributed by atoms with Crippen molar-refractivity contribution in [2.45, 2.75) is 25.8 Å². The van der Waals surface area contributed by atoms with Gasteiger partial charge in [0.05, 0.1) is 17.3 Å². The van der Waals surface area contributed by atoms with E-state index in [0.29, 0.717) is 10.1 Å². The molecule has 0 aliphatic rings. The summed E-state index contributed by atoms with van der Waals surface area (Å²) in [6.07, 6.45) is 0. The molecule has 122 valence electrons. The first kappa shape index (κ1) is 16.3. The summed E-state index contributed by atoms with van der Waals surface area (Å²) in [5.74, 6) is -0.171. The number of aromatic nitrogens is 1. The fraction of sp³-hybridized carbons (Fsp3) is 0.211. The van der Waals surface area contributed by atoms with Gasteiger partial charge in [-0.3, -0.25) is 19.0 Å². The van der Waals surface area contributed by atoms with Crippen LogP contribution in [0.4, 0.5) is 0 Å². The topological polar surface area (TPSA) is 56.1 Å². The highest BCUT2D eigenvalue weighted by Crippen LogP contribution is 2.24. The van der Waals surface area contributed by atoms with Crippen molar-refractivity contribution < 1.29 is 4.79 Å². The van der Waals surface area contributed by atoms with E-state index in [1.807, 2.05) is 44.2 Å². The van der Waals surface area contributed by atoms with Gasteiger partial charge in [-0.15, -0.1) is 0 Å². The van der Waals surface area contributed by atoms with Crippen molar-refractivity contribution in [2.24, 2.45) is 0 Å². The molecule has 0 spiro atoms. The van der Waals surface area contributed by atoms with Gasteiger partial charge in [-0.25, -0.2) is 0 Å². The molecule has 0 amide bonds. The van der Waals surface area contributed by atoms with E-state index in [9.17, 15) is 14.4 Å². The molecule has 0 aliphatic carbocycles. The third kappa shape index (κ3) is 2.83. The van der Waals surface area contributed by atoms with E-state index in [0.717, 1.165) is 21.5 Å². The van der Waals surface area contributed by atoms with Gasteiger partial charge < -0.3 is 0 Å². The van der Waals surface area contributed by atoms with Crippen molar-refractivity contribution in [1.29, 1.82) is 0 Å². The first-order valence-electron chi connectivity index (χ1n) is 7.63. The molecule has 3 rings (SSSR count). The lowest BCUT2D eigenvalue weighted by molar-refractivity contribution is -0.124. The van der Waals surface area contributed by atoms with Crippen molar-refractivity contribution in [3.05, 3.63) is 80.2 Å². The van der Waals surface area contributed by atoms with E-state index in [-0.39, 0.29) is 12.3 Å². The van der Waals surface area contributed by atoms with Crippen LogP contribution in [0.5, 0.6) is 0 Å². The van der Waals surface area contributed by atoms with Gasteiger partial charge in [-0.05, 0) is 31.5 Å². The molecule has 0 saturated carbocycles. The lowest BCUT2D eigenvalue weighted by atomic mass is 9.80. The van der Waals surface area contributed by atoms with Crippen molar-refractivity contribution in [1.82, 2.24) is 4.57 Å². The summed E-state index contributed by atoms with van der Waals surface area (Å²) in [6.45, 7) is 3.40. The minimum Gasteiger partial charge on any atom is -0.297 e. The van der Waals surface area contributed by atoms with E-state index >= 15 is 0 Å². The molecule has 0 N–H and O–H groups in total. The van der Waals surface area contributed by atoms with E-state index in [1.165, 1.54) is 0 Å². The average molecular weight is 339 g/mol. The van der Waals surface area contributed by atoms with E-state index in [2.05, 4.69) is 0 Å². The molecule has 1 aromatic heterocycles. The predicted molar refractivity (Wildman–Crippen MR) is 96.8 cm³/mol. The lowest BCUT2D eigenvalue weighted by Gasteiger charge is -2.23. The summed E-state index contributed by atoms with van der Waals surface area (Å²) in [5.41, 5.74) is -0.324. The van der Waals surface area contributed by atoms with Gasteiger partial charge in [-0.2, -0.15) is 0 Å². The largest absolute Gasteiger partial charge is 0.310 e. The molecule has 3 aromatic rings. The molecular formula is C19H17NO3S. The smallest absolute Gasteiger partial charge is 0.297 e. The quantitative estimate of drug-likeness (QED) is 0.734. The van der Waals surface area contributed by atoms with Crippen LogP contribution >= 0.6 is 11.3 Å². The normalized spacial score (nSPS) is 11.6. The maximum Gasteiger partial charge on any atom is 0.310 e. The number of fused-ring (bicyclic) bond motifs is 1. The van der Waals surface area contributed by atoms with Gasteiger partial charge >= 0.3 is 4.87 Å². The van der Waals surface area contributed by atoms with Gasteiger partial charge in [0.1, 0.15) is 0 Å². The van der Waals surface area contributed by atoms with Crippen LogP contribution in [0.3, 0.4) is 0 Å². The first-order valence-corrected chi connectivity index (χ1v) is 8.44. The van der Waals surface area contributed by atoms with Gasteiger partial charge in [0.25, 0.3) is 5.56 Å². The van der Waals surface area contributed by atoms with Crippen LogP contribution in [0.15, 0.2) is 64.2 Å². The first-order chi connectivity index (χ1) is 11.4. The zero-order chi connectivity index (χ0) is 17.3. The highest BCUT2D eigenvalue weighted by Gasteiger charge is 2.30. The highest BCUT2D eigenvalue weighted by molar-refractivity contribution is 7.16. The summed E-state index contributed by atoms with van der Waals surface area (Å²) in [6, 6.07) is 16.3. The molecule has 0 saturated heterocycles. The summed E-state index contributed by atoms with van der Waals surface area (Å²) >= 11 is 0.986. The second-order valence-electron chi connectivity index (χ2n) is 6.17. The molecule has 5 heteroatoms. The molecule has 2 aromatic carbocycles. The number of hydrogen-bond acceptors (Lipinski definition) is 4. The number of benzene rings is 2. The Morgan fingerprint density at radius 3 is 2.33 bits per heavy atom. The molecule has 0 unspecified atom stereocenters. The molecule has 0 bridgehead atoms. The predicted octanol–water partition coefficient (Wildman–Crippen LogP) is 2.97. The second kappa shape index (κ2) is 6.17. The van der Waals surface area contributed by atoms with Crippen LogP contribution in [0.2, 0.25) is 0 Å². The third-order valence-electron chi connectivity index (χ3n) is 4.27. The molecule has 0 aliphatic heterocycles. The molecule has 1 heterocycles. The average Bonchev–Trinajstić information content (AvgIpc) is 2.59. The number of hydrogen-bond donors (Lipinski definition) is 0. The Morgan fingerprint density at radius 1 is 1.00 bits per heavy atom. The number of rotatable bonds is 4. The fourth-order valence-electron chi connectivity index (χ4n) is 2.60. The summed E-state index contributed by atoms with van der Waals surface area (Å²) in [4.78, 5) is 37.2. The van der Waals surface area contributed by atoms with E-state index < -0.39 is 15.8 Å². The van der Waals surface area contributed by atoms with Crippen molar-refractivity contribution in [3.63, 3.8) is 0 Å². The summed E-state index contributed by atoms with van der Waals surface area (Å²) in [7, 11) is 0. The van der Waals surface area contributed by atoms with Crippen molar-refractivity contribution in [3.8, 4) is 0 Å². The third-order valence-corrected chi connectivity index (χ3v) is 5.25. The Kier molecular flexibility index (Phi) is 4.20. The van der Waals surface area contributed by atoms with E-state index in [4.69, 9.17) is 0 Å². The van der Waals surface area contributed by atoms with Crippen LogP contribution < -0.4 is 10.4 Å². The zero-order valence-corrected chi connectivity index (χ0v) is 14.3. The maximum atomic E-state index is 12.8. The molecule has 4 nitrogen and oxygen atoms in total. The van der Waals surface area contributed by atoms with Gasteiger partial charge in [0, 0.05) is 4.70 Å². The Bertz CT molecular complexity index is 1020. The minimum absolute atomic E-state index is 0.171. The fourth-order valence-corrected chi connectivity index (χ4v) is 3.46. The van der Waals surface area contributed by atoms with Crippen molar-refractivity contribution >= 4 is 27.2 Å². The van der Waals surface area contributed by atoms with Crippen LogP contribution in [-0.4, -0.2) is 10.4 Å². The van der Waals surface area contributed by atoms with E-state index in [1.54, 1.807) is 24.3 Å². The Hall–Kier alpha value is -2.53. The zero-order valence-electron chi connectivity index (χ0n) is 13.5. The lowest BCUT2D eigenvalue weighted by Crippen LogP contribution is -2.39. The molecule has 0 radical (unpaired) electrons. The molecule has 0 fully saturated rings. The standard InChI is InChI=1S/C19H17NO3S/c1-19(2,13-8-4-3-5-9-13)16(21)12-20-17(22)14-10-6-7-11-15(14)24-18(20)23/h3-11H,12H2,1-2H3. The number of carbonyl (C=O) groups is 1. The number of carbonyl (C=O) groups excluding carboxylic acids is 1. The minimum atomic E-state index is -0.774. The second-order valence-corrected chi connectivity index (χ2v) is 7.16. The Balaban J connectivity index is 2.03. The molecular weight excluding hydrogens is 322 g/mol. The maximum absolute atomic E-state index is 12.8. The highest BCUT2D eigenvalue weighted by atomic mass is 32.1. The number of Topliss-reactive ketones (excluding diaryl/α,β-unsaturated/α-hetero) is 1. The van der Waals surface area contributed by atoms with Crippen LogP contribution in [0.25, 0.3) is 10.1 Å². The summed E-state index contributed by atoms with van der Waals surface area (Å²) in [5, 5.41) is 0.465. The van der Waals surface area contributed by atoms with Crippen molar-refractivity contribution in [2.75, 3.05) is 0 Å². The van der Waals surface area contributed by atoms with Gasteiger partial charge in [0.15, 0.2) is 5.78 Å². The SMILES string of the molecule is CC(C)(C(=O)Cn1c(=O)sc2ccccc2c1=O)c1ccccc1. The van der Waals surface area contributed by atoms with Gasteiger partial charge in [-0.1, -0.05) is 53.8 Å². The molecule has 24 heavy (non-hydrogen) atoms. The van der Waals surface area contributed by atoms with Crippen LogP contribution in [0.1, 0.15) is 19.4 Å².